The molecule has 1 N–H and O–H groups in total. The largest absolute Gasteiger partial charge is 0.457 e. The molecule has 3 aliphatic rings. The molecule has 1 saturated heterocycles. The Kier molecular flexibility index (Phi) is 6.58. The third kappa shape index (κ3) is 4.38. The summed E-state index contributed by atoms with van der Waals surface area (Å²) in [6.45, 7) is 0.859. The van der Waals surface area contributed by atoms with Gasteiger partial charge in [-0.3, -0.25) is 0 Å². The first kappa shape index (κ1) is 20.8. The highest BCUT2D eigenvalue weighted by Crippen LogP contribution is 2.48. The van der Waals surface area contributed by atoms with Crippen molar-refractivity contribution in [2.24, 2.45) is 11.8 Å². The average Bonchev–Trinajstić information content (AvgIpc) is 2.74. The van der Waals surface area contributed by atoms with Gasteiger partial charge in [0, 0.05) is 34.8 Å². The van der Waals surface area contributed by atoms with Crippen LogP contribution in [0, 0.1) is 11.8 Å². The Morgan fingerprint density at radius 2 is 1.76 bits per heavy atom. The topological polar surface area (TPSA) is 30.5 Å². The van der Waals surface area contributed by atoms with Crippen molar-refractivity contribution >= 4 is 29.7 Å². The fraction of sp³-hybridized carbons (Fsp3) is 0.500. The van der Waals surface area contributed by atoms with Crippen LogP contribution >= 0.6 is 24.0 Å². The second kappa shape index (κ2) is 9.16. The smallest absolute Gasteiger partial charge is 0.128 e. The van der Waals surface area contributed by atoms with E-state index in [0.717, 1.165) is 24.0 Å². The van der Waals surface area contributed by atoms with E-state index >= 15 is 0 Å². The van der Waals surface area contributed by atoms with Gasteiger partial charge in [-0.1, -0.05) is 36.9 Å². The van der Waals surface area contributed by atoms with Crippen LogP contribution in [0.5, 0.6) is 11.5 Å². The molecule has 2 aliphatic heterocycles. The predicted octanol–water partition coefficient (Wildman–Crippen LogP) is 7.40. The molecule has 0 radical (unpaired) electrons. The molecule has 0 bridgehead atoms. The van der Waals surface area contributed by atoms with Crippen LogP contribution in [-0.2, 0) is 4.74 Å². The molecular weight excluding hydrogens is 405 g/mol. The highest BCUT2D eigenvalue weighted by atomic mass is 35.5. The van der Waals surface area contributed by atoms with Crippen LogP contribution in [0.3, 0.4) is 0 Å². The number of hydrogen-bond acceptors (Lipinski definition) is 3. The van der Waals surface area contributed by atoms with E-state index < -0.39 is 0 Å². The van der Waals surface area contributed by atoms with E-state index in [4.69, 9.17) is 21.1 Å². The molecule has 5 heteroatoms. The van der Waals surface area contributed by atoms with Gasteiger partial charge in [-0.2, -0.15) is 0 Å². The van der Waals surface area contributed by atoms with Gasteiger partial charge in [0.15, 0.2) is 0 Å². The van der Waals surface area contributed by atoms with Crippen molar-refractivity contribution in [3.05, 3.63) is 53.1 Å². The van der Waals surface area contributed by atoms with Crippen LogP contribution in [0.1, 0.15) is 56.6 Å². The Labute approximate surface area is 184 Å². The van der Waals surface area contributed by atoms with Crippen molar-refractivity contribution in [1.29, 1.82) is 0 Å². The Morgan fingerprint density at radius 3 is 2.59 bits per heavy atom. The van der Waals surface area contributed by atoms with Gasteiger partial charge in [-0.05, 0) is 68.0 Å². The van der Waals surface area contributed by atoms with Crippen molar-refractivity contribution in [1.82, 2.24) is 0 Å². The lowest BCUT2D eigenvalue weighted by Crippen LogP contribution is -2.46. The molecule has 0 spiro atoms. The minimum atomic E-state index is 0. The fourth-order valence-electron chi connectivity index (χ4n) is 5.38. The molecule has 0 amide bonds. The third-order valence-electron chi connectivity index (χ3n) is 6.67. The van der Waals surface area contributed by atoms with Gasteiger partial charge in [-0.25, -0.2) is 0 Å². The van der Waals surface area contributed by atoms with Crippen LogP contribution in [0.2, 0.25) is 5.02 Å². The number of benzene rings is 2. The van der Waals surface area contributed by atoms with Crippen LogP contribution in [-0.4, -0.2) is 12.6 Å². The van der Waals surface area contributed by atoms with E-state index in [1.807, 2.05) is 30.3 Å². The zero-order valence-electron chi connectivity index (χ0n) is 16.6. The number of nitrogens with one attached hydrogen (secondary N) is 1. The molecule has 2 aromatic carbocycles. The van der Waals surface area contributed by atoms with Crippen molar-refractivity contribution in [3.63, 3.8) is 0 Å². The van der Waals surface area contributed by atoms with Crippen LogP contribution in [0.25, 0.3) is 0 Å². The highest BCUT2D eigenvalue weighted by Gasteiger charge is 2.42. The fourth-order valence-corrected chi connectivity index (χ4v) is 5.56. The second-order valence-corrected chi connectivity index (χ2v) is 8.91. The third-order valence-corrected chi connectivity index (χ3v) is 6.91. The van der Waals surface area contributed by atoms with Crippen molar-refractivity contribution in [2.45, 2.75) is 57.1 Å². The molecule has 1 saturated carbocycles. The standard InChI is InChI=1S/C24H28ClNO2.ClH/c25-17-8-4-9-18(14-17)28-19-11-12-22-21(15-19)24-20(10-5-13-27-24)23(26-22)16-6-2-1-3-7-16;/h4,8-9,11-12,14-16,20,23-24,26H,1-3,5-7,10,13H2;1H. The summed E-state index contributed by atoms with van der Waals surface area (Å²) in [5.41, 5.74) is 2.47. The summed E-state index contributed by atoms with van der Waals surface area (Å²) in [6.07, 6.45) is 9.45. The highest BCUT2D eigenvalue weighted by molar-refractivity contribution is 6.30. The van der Waals surface area contributed by atoms with Crippen LogP contribution in [0.4, 0.5) is 5.69 Å². The van der Waals surface area contributed by atoms with Crippen molar-refractivity contribution < 1.29 is 9.47 Å². The average molecular weight is 434 g/mol. The molecule has 5 rings (SSSR count). The predicted molar refractivity (Wildman–Crippen MR) is 121 cm³/mol. The minimum Gasteiger partial charge on any atom is -0.457 e. The molecule has 2 heterocycles. The van der Waals surface area contributed by atoms with Gasteiger partial charge in [-0.15, -0.1) is 12.4 Å². The number of anilines is 1. The SMILES string of the molecule is Cl.Clc1cccc(Oc2ccc3c(c2)C2OCCCC2C(C2CCCCC2)N3)c1. The molecule has 2 fully saturated rings. The maximum absolute atomic E-state index is 6.34. The van der Waals surface area contributed by atoms with E-state index in [1.165, 1.54) is 56.2 Å². The van der Waals surface area contributed by atoms with E-state index in [9.17, 15) is 0 Å². The van der Waals surface area contributed by atoms with E-state index in [1.54, 1.807) is 0 Å². The van der Waals surface area contributed by atoms with E-state index in [0.29, 0.717) is 17.0 Å². The number of fused-ring (bicyclic) bond motifs is 3. The first-order chi connectivity index (χ1) is 13.8. The Balaban J connectivity index is 0.00000205. The Bertz CT molecular complexity index is 837. The van der Waals surface area contributed by atoms with Gasteiger partial charge in [0.05, 0.1) is 6.10 Å². The quantitative estimate of drug-likeness (QED) is 0.546. The van der Waals surface area contributed by atoms with Crippen molar-refractivity contribution in [2.75, 3.05) is 11.9 Å². The lowest BCUT2D eigenvalue weighted by Gasteiger charge is -2.47. The maximum Gasteiger partial charge on any atom is 0.128 e. The molecule has 0 aromatic heterocycles. The molecule has 2 aromatic rings. The first-order valence-corrected chi connectivity index (χ1v) is 11.1. The van der Waals surface area contributed by atoms with Crippen molar-refractivity contribution in [3.8, 4) is 11.5 Å². The lowest BCUT2D eigenvalue weighted by atomic mass is 9.71. The normalized spacial score (nSPS) is 26.4. The number of halogens is 2. The monoisotopic (exact) mass is 433 g/mol. The number of hydrogen-bond donors (Lipinski definition) is 1. The summed E-state index contributed by atoms with van der Waals surface area (Å²) in [5.74, 6) is 2.94. The Hall–Kier alpha value is -1.42. The van der Waals surface area contributed by atoms with E-state index in [-0.39, 0.29) is 18.5 Å². The van der Waals surface area contributed by atoms with Gasteiger partial charge < -0.3 is 14.8 Å². The Morgan fingerprint density at radius 1 is 0.931 bits per heavy atom. The molecule has 3 unspecified atom stereocenters. The zero-order valence-corrected chi connectivity index (χ0v) is 18.2. The first-order valence-electron chi connectivity index (χ1n) is 10.7. The molecule has 3 atom stereocenters. The number of rotatable bonds is 3. The van der Waals surface area contributed by atoms with Gasteiger partial charge in [0.2, 0.25) is 0 Å². The number of ether oxygens (including phenoxy) is 2. The summed E-state index contributed by atoms with van der Waals surface area (Å²) < 4.78 is 12.4. The van der Waals surface area contributed by atoms with E-state index in [2.05, 4.69) is 17.4 Å². The minimum absolute atomic E-state index is 0. The summed E-state index contributed by atoms with van der Waals surface area (Å²) in [7, 11) is 0. The molecule has 29 heavy (non-hydrogen) atoms. The second-order valence-electron chi connectivity index (χ2n) is 8.47. The molecular formula is C24H29Cl2NO2. The van der Waals surface area contributed by atoms with Crippen LogP contribution in [0.15, 0.2) is 42.5 Å². The molecule has 156 valence electrons. The molecule has 3 nitrogen and oxygen atoms in total. The zero-order chi connectivity index (χ0) is 18.9. The summed E-state index contributed by atoms with van der Waals surface area (Å²) >= 11 is 6.10. The maximum atomic E-state index is 6.34. The summed E-state index contributed by atoms with van der Waals surface area (Å²) in [4.78, 5) is 0. The van der Waals surface area contributed by atoms with Gasteiger partial charge in [0.25, 0.3) is 0 Å². The van der Waals surface area contributed by atoms with Gasteiger partial charge >= 0.3 is 0 Å². The lowest BCUT2D eigenvalue weighted by molar-refractivity contribution is -0.0458. The van der Waals surface area contributed by atoms with Crippen LogP contribution < -0.4 is 10.1 Å². The summed E-state index contributed by atoms with van der Waals surface area (Å²) in [5, 5.41) is 4.59. The van der Waals surface area contributed by atoms with Gasteiger partial charge in [0.1, 0.15) is 11.5 Å². The molecule has 1 aliphatic carbocycles. The summed E-state index contributed by atoms with van der Waals surface area (Å²) in [6, 6.07) is 14.5.